The lowest BCUT2D eigenvalue weighted by atomic mass is 10.2. The number of carbonyl (C=O) groups excluding carboxylic acids is 1. The third-order valence-corrected chi connectivity index (χ3v) is 3.19. The first-order valence-corrected chi connectivity index (χ1v) is 7.07. The summed E-state index contributed by atoms with van der Waals surface area (Å²) < 4.78 is 24.0. The SMILES string of the molecule is CC(C)(C)OC(=O)NC1(COc2ccc(F)c(C#N)c2)CC1. The van der Waals surface area contributed by atoms with Gasteiger partial charge in [-0.25, -0.2) is 9.18 Å². The number of alkyl carbamates (subject to hydrolysis) is 1. The van der Waals surface area contributed by atoms with Gasteiger partial charge in [0.1, 0.15) is 29.8 Å². The van der Waals surface area contributed by atoms with E-state index < -0.39 is 23.1 Å². The van der Waals surface area contributed by atoms with Gasteiger partial charge < -0.3 is 14.8 Å². The van der Waals surface area contributed by atoms with Gasteiger partial charge in [-0.05, 0) is 45.7 Å². The molecule has 0 aromatic heterocycles. The average Bonchev–Trinajstić information content (AvgIpc) is 3.15. The second-order valence-corrected chi connectivity index (χ2v) is 6.45. The molecule has 6 heteroatoms. The Balaban J connectivity index is 1.91. The minimum absolute atomic E-state index is 0.0672. The lowest BCUT2D eigenvalue weighted by Gasteiger charge is -2.23. The number of hydrogen-bond donors (Lipinski definition) is 1. The number of amides is 1. The molecule has 1 N–H and O–H groups in total. The molecule has 1 aromatic carbocycles. The molecule has 2 rings (SSSR count). The van der Waals surface area contributed by atoms with Gasteiger partial charge in [-0.3, -0.25) is 0 Å². The van der Waals surface area contributed by atoms with Crippen LogP contribution in [0.1, 0.15) is 39.2 Å². The van der Waals surface area contributed by atoms with Gasteiger partial charge in [0.25, 0.3) is 0 Å². The molecule has 1 aliphatic rings. The monoisotopic (exact) mass is 306 g/mol. The van der Waals surface area contributed by atoms with E-state index in [1.165, 1.54) is 18.2 Å². The van der Waals surface area contributed by atoms with Gasteiger partial charge in [-0.1, -0.05) is 0 Å². The smallest absolute Gasteiger partial charge is 0.408 e. The quantitative estimate of drug-likeness (QED) is 0.927. The van der Waals surface area contributed by atoms with Crippen molar-refractivity contribution < 1.29 is 18.7 Å². The third kappa shape index (κ3) is 4.35. The van der Waals surface area contributed by atoms with Crippen molar-refractivity contribution in [2.24, 2.45) is 0 Å². The summed E-state index contributed by atoms with van der Waals surface area (Å²) in [6.45, 7) is 5.64. The predicted molar refractivity (Wildman–Crippen MR) is 77.9 cm³/mol. The number of halogens is 1. The normalized spacial score (nSPS) is 15.6. The molecule has 118 valence electrons. The molecule has 0 aliphatic heterocycles. The predicted octanol–water partition coefficient (Wildman–Crippen LogP) is 3.13. The van der Waals surface area contributed by atoms with Crippen molar-refractivity contribution in [1.29, 1.82) is 5.26 Å². The summed E-state index contributed by atoms with van der Waals surface area (Å²) in [7, 11) is 0. The molecule has 1 amide bonds. The largest absolute Gasteiger partial charge is 0.491 e. The van der Waals surface area contributed by atoms with Gasteiger partial charge in [-0.15, -0.1) is 0 Å². The van der Waals surface area contributed by atoms with Crippen molar-refractivity contribution >= 4 is 6.09 Å². The maximum absolute atomic E-state index is 13.2. The van der Waals surface area contributed by atoms with Crippen molar-refractivity contribution in [3.8, 4) is 11.8 Å². The average molecular weight is 306 g/mol. The molecule has 1 aliphatic carbocycles. The lowest BCUT2D eigenvalue weighted by molar-refractivity contribution is 0.0477. The molecule has 22 heavy (non-hydrogen) atoms. The van der Waals surface area contributed by atoms with E-state index in [-0.39, 0.29) is 12.2 Å². The Morgan fingerprint density at radius 1 is 1.45 bits per heavy atom. The van der Waals surface area contributed by atoms with E-state index in [0.29, 0.717) is 5.75 Å². The number of benzene rings is 1. The fourth-order valence-corrected chi connectivity index (χ4v) is 1.88. The number of ether oxygens (including phenoxy) is 2. The van der Waals surface area contributed by atoms with E-state index in [9.17, 15) is 9.18 Å². The summed E-state index contributed by atoms with van der Waals surface area (Å²) in [4.78, 5) is 11.8. The Morgan fingerprint density at radius 2 is 2.14 bits per heavy atom. The maximum atomic E-state index is 13.2. The molecular weight excluding hydrogens is 287 g/mol. The molecule has 0 saturated heterocycles. The van der Waals surface area contributed by atoms with E-state index in [1.54, 1.807) is 26.8 Å². The Kier molecular flexibility index (Phi) is 4.27. The maximum Gasteiger partial charge on any atom is 0.408 e. The van der Waals surface area contributed by atoms with Gasteiger partial charge in [0.05, 0.1) is 11.1 Å². The van der Waals surface area contributed by atoms with E-state index >= 15 is 0 Å². The first kappa shape index (κ1) is 16.1. The molecule has 0 unspecified atom stereocenters. The zero-order chi connectivity index (χ0) is 16.4. The zero-order valence-corrected chi connectivity index (χ0v) is 12.9. The second kappa shape index (κ2) is 5.84. The molecule has 1 saturated carbocycles. The van der Waals surface area contributed by atoms with Crippen molar-refractivity contribution in [3.63, 3.8) is 0 Å². The van der Waals surface area contributed by atoms with Crippen molar-refractivity contribution in [2.45, 2.75) is 44.8 Å². The molecule has 5 nitrogen and oxygen atoms in total. The number of rotatable bonds is 4. The minimum atomic E-state index is -0.581. The molecule has 0 bridgehead atoms. The van der Waals surface area contributed by atoms with Crippen LogP contribution in [0.4, 0.5) is 9.18 Å². The highest BCUT2D eigenvalue weighted by Gasteiger charge is 2.46. The fraction of sp³-hybridized carbons (Fsp3) is 0.500. The summed E-state index contributed by atoms with van der Waals surface area (Å²) >= 11 is 0. The van der Waals surface area contributed by atoms with Crippen LogP contribution in [-0.4, -0.2) is 23.8 Å². The Labute approximate surface area is 129 Å². The Bertz CT molecular complexity index is 613. The number of nitrogens with zero attached hydrogens (tertiary/aromatic N) is 1. The van der Waals surface area contributed by atoms with E-state index in [1.807, 2.05) is 0 Å². The third-order valence-electron chi connectivity index (χ3n) is 3.19. The van der Waals surface area contributed by atoms with Crippen LogP contribution in [-0.2, 0) is 4.74 Å². The first-order valence-electron chi connectivity index (χ1n) is 7.07. The Hall–Kier alpha value is -2.29. The summed E-state index contributed by atoms with van der Waals surface area (Å²) in [5, 5.41) is 11.6. The molecule has 1 fully saturated rings. The van der Waals surface area contributed by atoms with Crippen LogP contribution in [0.25, 0.3) is 0 Å². The molecule has 0 heterocycles. The Morgan fingerprint density at radius 3 is 2.68 bits per heavy atom. The summed E-state index contributed by atoms with van der Waals surface area (Å²) in [5.74, 6) is -0.182. The zero-order valence-electron chi connectivity index (χ0n) is 12.9. The van der Waals surface area contributed by atoms with Gasteiger partial charge in [0.2, 0.25) is 0 Å². The summed E-state index contributed by atoms with van der Waals surface area (Å²) in [6.07, 6.45) is 1.10. The number of nitrogens with one attached hydrogen (secondary N) is 1. The van der Waals surface area contributed by atoms with Crippen molar-refractivity contribution in [3.05, 3.63) is 29.6 Å². The van der Waals surface area contributed by atoms with Crippen LogP contribution in [0.15, 0.2) is 18.2 Å². The van der Waals surface area contributed by atoms with Gasteiger partial charge in [0, 0.05) is 6.07 Å². The van der Waals surface area contributed by atoms with Crippen LogP contribution < -0.4 is 10.1 Å². The van der Waals surface area contributed by atoms with Crippen molar-refractivity contribution in [2.75, 3.05) is 6.61 Å². The van der Waals surface area contributed by atoms with Crippen LogP contribution in [0.2, 0.25) is 0 Å². The first-order chi connectivity index (χ1) is 10.2. The molecule has 0 radical (unpaired) electrons. The molecule has 0 spiro atoms. The van der Waals surface area contributed by atoms with Crippen LogP contribution in [0, 0.1) is 17.1 Å². The van der Waals surface area contributed by atoms with Crippen LogP contribution >= 0.6 is 0 Å². The molecule has 0 atom stereocenters. The fourth-order valence-electron chi connectivity index (χ4n) is 1.88. The number of carbonyl (C=O) groups is 1. The second-order valence-electron chi connectivity index (χ2n) is 6.45. The summed E-state index contributed by atoms with van der Waals surface area (Å²) in [6, 6.07) is 5.76. The topological polar surface area (TPSA) is 71.3 Å². The van der Waals surface area contributed by atoms with Crippen LogP contribution in [0.5, 0.6) is 5.75 Å². The van der Waals surface area contributed by atoms with E-state index in [0.717, 1.165) is 12.8 Å². The highest BCUT2D eigenvalue weighted by molar-refractivity contribution is 5.69. The van der Waals surface area contributed by atoms with Gasteiger partial charge in [0.15, 0.2) is 0 Å². The number of nitriles is 1. The molecular formula is C16H19FN2O3. The van der Waals surface area contributed by atoms with Crippen LogP contribution in [0.3, 0.4) is 0 Å². The van der Waals surface area contributed by atoms with Crippen molar-refractivity contribution in [1.82, 2.24) is 5.32 Å². The number of hydrogen-bond acceptors (Lipinski definition) is 4. The van der Waals surface area contributed by atoms with E-state index in [2.05, 4.69) is 5.32 Å². The van der Waals surface area contributed by atoms with Gasteiger partial charge in [-0.2, -0.15) is 5.26 Å². The van der Waals surface area contributed by atoms with E-state index in [4.69, 9.17) is 14.7 Å². The standard InChI is InChI=1S/C16H19FN2O3/c1-15(2,3)22-14(20)19-16(6-7-16)10-21-12-4-5-13(17)11(8-12)9-18/h4-5,8H,6-7,10H2,1-3H3,(H,19,20). The minimum Gasteiger partial charge on any atom is -0.491 e. The summed E-state index contributed by atoms with van der Waals surface area (Å²) in [5.41, 5.74) is -1.06. The lowest BCUT2D eigenvalue weighted by Crippen LogP contribution is -2.44. The highest BCUT2D eigenvalue weighted by atomic mass is 19.1. The molecule has 1 aromatic rings. The van der Waals surface area contributed by atoms with Gasteiger partial charge >= 0.3 is 6.09 Å². The highest BCUT2D eigenvalue weighted by Crippen LogP contribution is 2.36.